The van der Waals surface area contributed by atoms with E-state index in [4.69, 9.17) is 25.8 Å². The van der Waals surface area contributed by atoms with Crippen molar-refractivity contribution < 1.29 is 14.2 Å². The largest absolute Gasteiger partial charge is 0.379 e. The van der Waals surface area contributed by atoms with Crippen molar-refractivity contribution in [1.82, 2.24) is 0 Å². The molecule has 0 bridgehead atoms. The quantitative estimate of drug-likeness (QED) is 0.428. The minimum Gasteiger partial charge on any atom is -0.379 e. The van der Waals surface area contributed by atoms with Crippen LogP contribution in [0.1, 0.15) is 13.8 Å². The molecule has 0 aliphatic heterocycles. The molecule has 0 heterocycles. The van der Waals surface area contributed by atoms with Crippen molar-refractivity contribution in [3.05, 3.63) is 0 Å². The van der Waals surface area contributed by atoms with Gasteiger partial charge in [-0.15, -0.1) is 11.6 Å². The van der Waals surface area contributed by atoms with E-state index in [0.717, 1.165) is 6.61 Å². The fourth-order valence-corrected chi connectivity index (χ4v) is 0.906. The average Bonchev–Trinajstić information content (AvgIpc) is 2.14. The molecule has 0 amide bonds. The van der Waals surface area contributed by atoms with Gasteiger partial charge in [0.2, 0.25) is 0 Å². The van der Waals surface area contributed by atoms with Gasteiger partial charge in [0.1, 0.15) is 0 Å². The first-order valence-corrected chi connectivity index (χ1v) is 5.17. The standard InChI is InChI=1S/C9H19ClO3/c1-3-11-8-9(2)13-7-6-12-5-4-10/h9H,3-8H2,1-2H3. The SMILES string of the molecule is CCOCC(C)OCCOCCCl. The first-order chi connectivity index (χ1) is 6.31. The summed E-state index contributed by atoms with van der Waals surface area (Å²) in [5.74, 6) is 0.536. The third-order valence-electron chi connectivity index (χ3n) is 1.41. The molecule has 0 saturated heterocycles. The Kier molecular flexibility index (Phi) is 10.4. The Morgan fingerprint density at radius 3 is 2.54 bits per heavy atom. The molecule has 0 saturated carbocycles. The molecular formula is C9H19ClO3. The van der Waals surface area contributed by atoms with Crippen LogP contribution in [0.25, 0.3) is 0 Å². The van der Waals surface area contributed by atoms with E-state index in [0.29, 0.717) is 32.3 Å². The van der Waals surface area contributed by atoms with Crippen LogP contribution in [0, 0.1) is 0 Å². The van der Waals surface area contributed by atoms with Crippen LogP contribution in [0.2, 0.25) is 0 Å². The summed E-state index contributed by atoms with van der Waals surface area (Å²) in [7, 11) is 0. The molecule has 0 fully saturated rings. The van der Waals surface area contributed by atoms with Crippen LogP contribution in [0.15, 0.2) is 0 Å². The zero-order chi connectivity index (χ0) is 9.94. The Labute approximate surface area is 85.3 Å². The second kappa shape index (κ2) is 10.3. The summed E-state index contributed by atoms with van der Waals surface area (Å²) < 4.78 is 15.7. The van der Waals surface area contributed by atoms with Gasteiger partial charge < -0.3 is 14.2 Å². The first kappa shape index (κ1) is 13.2. The molecule has 0 N–H and O–H groups in total. The number of alkyl halides is 1. The van der Waals surface area contributed by atoms with Crippen molar-refractivity contribution in [2.45, 2.75) is 20.0 Å². The molecule has 0 spiro atoms. The molecule has 0 rings (SSSR count). The molecule has 3 nitrogen and oxygen atoms in total. The monoisotopic (exact) mass is 210 g/mol. The highest BCUT2D eigenvalue weighted by molar-refractivity contribution is 6.17. The van der Waals surface area contributed by atoms with Crippen LogP contribution >= 0.6 is 11.6 Å². The first-order valence-electron chi connectivity index (χ1n) is 4.64. The minimum atomic E-state index is 0.138. The Hall–Kier alpha value is 0.170. The molecule has 0 radical (unpaired) electrons. The molecular weight excluding hydrogens is 192 g/mol. The van der Waals surface area contributed by atoms with Crippen LogP contribution in [0.5, 0.6) is 0 Å². The zero-order valence-corrected chi connectivity index (χ0v) is 9.18. The van der Waals surface area contributed by atoms with Gasteiger partial charge in [-0.25, -0.2) is 0 Å². The van der Waals surface area contributed by atoms with Crippen molar-refractivity contribution >= 4 is 11.6 Å². The Balaban J connectivity index is 3.03. The summed E-state index contributed by atoms with van der Waals surface area (Å²) in [6.45, 7) is 7.12. The van der Waals surface area contributed by atoms with Crippen LogP contribution in [0.4, 0.5) is 0 Å². The van der Waals surface area contributed by atoms with Gasteiger partial charge in [-0.3, -0.25) is 0 Å². The molecule has 0 aromatic carbocycles. The second-order valence-electron chi connectivity index (χ2n) is 2.64. The number of hydrogen-bond acceptors (Lipinski definition) is 3. The summed E-state index contributed by atoms with van der Waals surface area (Å²) in [6, 6.07) is 0. The van der Waals surface area contributed by atoms with E-state index in [2.05, 4.69) is 0 Å². The molecule has 80 valence electrons. The number of hydrogen-bond donors (Lipinski definition) is 0. The van der Waals surface area contributed by atoms with Crippen molar-refractivity contribution in [2.75, 3.05) is 38.9 Å². The van der Waals surface area contributed by atoms with Gasteiger partial charge in [-0.2, -0.15) is 0 Å². The molecule has 1 atom stereocenters. The molecule has 0 aromatic heterocycles. The lowest BCUT2D eigenvalue weighted by Crippen LogP contribution is -2.18. The molecule has 0 aliphatic carbocycles. The van der Waals surface area contributed by atoms with Crippen molar-refractivity contribution in [2.24, 2.45) is 0 Å². The summed E-state index contributed by atoms with van der Waals surface area (Å²) in [4.78, 5) is 0. The second-order valence-corrected chi connectivity index (χ2v) is 3.02. The third-order valence-corrected chi connectivity index (χ3v) is 1.56. The van der Waals surface area contributed by atoms with E-state index in [1.165, 1.54) is 0 Å². The lowest BCUT2D eigenvalue weighted by Gasteiger charge is -2.12. The number of halogens is 1. The van der Waals surface area contributed by atoms with Crippen molar-refractivity contribution in [3.8, 4) is 0 Å². The van der Waals surface area contributed by atoms with Gasteiger partial charge >= 0.3 is 0 Å². The minimum absolute atomic E-state index is 0.138. The fraction of sp³-hybridized carbons (Fsp3) is 1.00. The number of ether oxygens (including phenoxy) is 3. The van der Waals surface area contributed by atoms with E-state index < -0.39 is 0 Å². The third kappa shape index (κ3) is 10.1. The topological polar surface area (TPSA) is 27.7 Å². The van der Waals surface area contributed by atoms with Gasteiger partial charge in [0.15, 0.2) is 0 Å². The van der Waals surface area contributed by atoms with Gasteiger partial charge in [0.25, 0.3) is 0 Å². The summed E-state index contributed by atoms with van der Waals surface area (Å²) in [5, 5.41) is 0. The lowest BCUT2D eigenvalue weighted by atomic mass is 10.4. The van der Waals surface area contributed by atoms with E-state index in [1.807, 2.05) is 13.8 Å². The van der Waals surface area contributed by atoms with E-state index >= 15 is 0 Å². The number of rotatable bonds is 9. The summed E-state index contributed by atoms with van der Waals surface area (Å²) in [5.41, 5.74) is 0. The van der Waals surface area contributed by atoms with Gasteiger partial charge in [-0.05, 0) is 13.8 Å². The molecule has 1 unspecified atom stereocenters. The molecule has 0 aromatic rings. The smallest absolute Gasteiger partial charge is 0.0781 e. The highest BCUT2D eigenvalue weighted by atomic mass is 35.5. The average molecular weight is 211 g/mol. The highest BCUT2D eigenvalue weighted by Gasteiger charge is 2.00. The zero-order valence-electron chi connectivity index (χ0n) is 8.42. The Morgan fingerprint density at radius 2 is 1.92 bits per heavy atom. The normalized spacial score (nSPS) is 13.2. The van der Waals surface area contributed by atoms with Crippen LogP contribution in [-0.2, 0) is 14.2 Å². The Morgan fingerprint density at radius 1 is 1.15 bits per heavy atom. The lowest BCUT2D eigenvalue weighted by molar-refractivity contribution is -0.0259. The van der Waals surface area contributed by atoms with E-state index in [1.54, 1.807) is 0 Å². The maximum Gasteiger partial charge on any atom is 0.0781 e. The molecule has 13 heavy (non-hydrogen) atoms. The van der Waals surface area contributed by atoms with Gasteiger partial charge in [-0.1, -0.05) is 0 Å². The predicted octanol–water partition coefficient (Wildman–Crippen LogP) is 1.68. The van der Waals surface area contributed by atoms with Crippen LogP contribution in [0.3, 0.4) is 0 Å². The molecule has 4 heteroatoms. The highest BCUT2D eigenvalue weighted by Crippen LogP contribution is 1.92. The molecule has 0 aliphatic rings. The maximum absolute atomic E-state index is 5.43. The Bertz CT molecular complexity index is 101. The summed E-state index contributed by atoms with van der Waals surface area (Å²) in [6.07, 6.45) is 0.138. The van der Waals surface area contributed by atoms with Crippen LogP contribution < -0.4 is 0 Å². The van der Waals surface area contributed by atoms with E-state index in [-0.39, 0.29) is 6.10 Å². The predicted molar refractivity (Wildman–Crippen MR) is 53.4 cm³/mol. The van der Waals surface area contributed by atoms with E-state index in [9.17, 15) is 0 Å². The maximum atomic E-state index is 5.43. The van der Waals surface area contributed by atoms with Gasteiger partial charge in [0.05, 0.1) is 32.5 Å². The van der Waals surface area contributed by atoms with Gasteiger partial charge in [0, 0.05) is 12.5 Å². The van der Waals surface area contributed by atoms with Crippen molar-refractivity contribution in [3.63, 3.8) is 0 Å². The van der Waals surface area contributed by atoms with Crippen molar-refractivity contribution in [1.29, 1.82) is 0 Å². The van der Waals surface area contributed by atoms with Crippen LogP contribution in [-0.4, -0.2) is 45.0 Å². The summed E-state index contributed by atoms with van der Waals surface area (Å²) >= 11 is 5.43. The fourth-order valence-electron chi connectivity index (χ4n) is 0.797.